The molecule has 116 valence electrons. The highest BCUT2D eigenvalue weighted by Crippen LogP contribution is 2.34. The summed E-state index contributed by atoms with van der Waals surface area (Å²) in [5.41, 5.74) is 1.85. The molecule has 0 bridgehead atoms. The fourth-order valence-electron chi connectivity index (χ4n) is 2.56. The van der Waals surface area contributed by atoms with Crippen LogP contribution in [-0.2, 0) is 21.6 Å². The van der Waals surface area contributed by atoms with Crippen molar-refractivity contribution < 1.29 is 17.1 Å². The van der Waals surface area contributed by atoms with Gasteiger partial charge in [0.25, 0.3) is 0 Å². The molecule has 0 aliphatic heterocycles. The van der Waals surface area contributed by atoms with Crippen molar-refractivity contribution in [3.8, 4) is 0 Å². The fourth-order valence-corrected chi connectivity index (χ4v) is 3.02. The second-order valence-corrected chi connectivity index (χ2v) is 6.60. The third-order valence-electron chi connectivity index (χ3n) is 3.58. The Hall–Kier alpha value is -1.63. The normalized spacial score (nSPS) is 18.2. The molecule has 0 radical (unpaired) electrons. The maximum atomic E-state index is 12.8. The molecule has 0 saturated carbocycles. The van der Waals surface area contributed by atoms with Gasteiger partial charge in [-0.2, -0.15) is 8.42 Å². The molecule has 1 amide bonds. The van der Waals surface area contributed by atoms with E-state index in [1.807, 2.05) is 24.6 Å². The first-order chi connectivity index (χ1) is 9.78. The van der Waals surface area contributed by atoms with Crippen LogP contribution in [-0.4, -0.2) is 14.3 Å². The second kappa shape index (κ2) is 6.01. The molecule has 1 aliphatic carbocycles. The van der Waals surface area contributed by atoms with Gasteiger partial charge in [0.05, 0.1) is 11.7 Å². The fraction of sp³-hybridized carbons (Fsp3) is 0.500. The van der Waals surface area contributed by atoms with Crippen LogP contribution in [0.4, 0.5) is 9.57 Å². The maximum absolute atomic E-state index is 12.8. The molecule has 7 heteroatoms. The number of hydrogen-bond acceptors (Lipinski definition) is 3. The Morgan fingerprint density at radius 3 is 2.71 bits per heavy atom. The molecular formula is C14H19FN2O3S. The maximum Gasteiger partial charge on any atom is 0.396 e. The number of anilines is 1. The first-order valence-corrected chi connectivity index (χ1v) is 8.31. The number of nitrogens with one attached hydrogen (secondary N) is 2. The Morgan fingerprint density at radius 2 is 2.10 bits per heavy atom. The Morgan fingerprint density at radius 1 is 1.38 bits per heavy atom. The summed E-state index contributed by atoms with van der Waals surface area (Å²) >= 11 is 0. The van der Waals surface area contributed by atoms with Crippen LogP contribution >= 0.6 is 0 Å². The third-order valence-corrected chi connectivity index (χ3v) is 4.04. The number of hydrogen-bond donors (Lipinski definition) is 2. The van der Waals surface area contributed by atoms with Gasteiger partial charge >= 0.3 is 10.4 Å². The van der Waals surface area contributed by atoms with Crippen LogP contribution in [0.25, 0.3) is 0 Å². The molecule has 0 saturated heterocycles. The summed E-state index contributed by atoms with van der Waals surface area (Å²) in [5.74, 6) is -0.174. The summed E-state index contributed by atoms with van der Waals surface area (Å²) in [4.78, 5) is 11.9. The molecule has 0 aromatic heterocycles. The van der Waals surface area contributed by atoms with E-state index in [0.717, 1.165) is 24.0 Å². The first-order valence-electron chi connectivity index (χ1n) is 6.92. The largest absolute Gasteiger partial charge is 0.396 e. The zero-order valence-corrected chi connectivity index (χ0v) is 12.8. The minimum atomic E-state index is -4.80. The zero-order chi connectivity index (χ0) is 15.6. The first kappa shape index (κ1) is 15.8. The van der Waals surface area contributed by atoms with Gasteiger partial charge in [-0.25, -0.2) is 0 Å². The molecule has 2 rings (SSSR count). The number of carbonyl (C=O) groups excluding carboxylic acids is 1. The number of rotatable bonds is 4. The summed E-state index contributed by atoms with van der Waals surface area (Å²) in [5, 5.41) is 2.95. The number of amides is 1. The van der Waals surface area contributed by atoms with Crippen molar-refractivity contribution in [2.75, 3.05) is 4.72 Å². The van der Waals surface area contributed by atoms with E-state index in [0.29, 0.717) is 6.42 Å². The van der Waals surface area contributed by atoms with Gasteiger partial charge in [-0.1, -0.05) is 29.9 Å². The summed E-state index contributed by atoms with van der Waals surface area (Å²) in [6, 6.07) is 4.87. The minimum Gasteiger partial charge on any atom is -0.349 e. The molecule has 1 unspecified atom stereocenters. The lowest BCUT2D eigenvalue weighted by atomic mass is 9.86. The van der Waals surface area contributed by atoms with Gasteiger partial charge < -0.3 is 5.32 Å². The highest BCUT2D eigenvalue weighted by atomic mass is 32.3. The number of halogens is 1. The third kappa shape index (κ3) is 3.93. The molecule has 0 spiro atoms. The van der Waals surface area contributed by atoms with Crippen molar-refractivity contribution in [3.63, 3.8) is 0 Å². The van der Waals surface area contributed by atoms with E-state index >= 15 is 0 Å². The van der Waals surface area contributed by atoms with Crippen LogP contribution in [0.5, 0.6) is 0 Å². The van der Waals surface area contributed by atoms with Gasteiger partial charge in [-0.05, 0) is 36.5 Å². The minimum absolute atomic E-state index is 0.0516. The molecule has 1 aromatic carbocycles. The van der Waals surface area contributed by atoms with E-state index in [2.05, 4.69) is 5.32 Å². The van der Waals surface area contributed by atoms with Crippen molar-refractivity contribution in [1.29, 1.82) is 0 Å². The van der Waals surface area contributed by atoms with Crippen molar-refractivity contribution >= 4 is 22.0 Å². The van der Waals surface area contributed by atoms with Crippen molar-refractivity contribution in [2.24, 2.45) is 5.92 Å². The SMILES string of the molecule is CC(C)C(=O)NC1CCCc2c(NS(=O)(=O)F)cccc21. The van der Waals surface area contributed by atoms with Gasteiger partial charge in [0.2, 0.25) is 5.91 Å². The van der Waals surface area contributed by atoms with E-state index in [-0.39, 0.29) is 23.6 Å². The van der Waals surface area contributed by atoms with Crippen LogP contribution in [0.1, 0.15) is 43.9 Å². The summed E-state index contributed by atoms with van der Waals surface area (Å²) in [7, 11) is -4.80. The van der Waals surface area contributed by atoms with Crippen molar-refractivity contribution in [1.82, 2.24) is 5.32 Å². The lowest BCUT2D eigenvalue weighted by Gasteiger charge is -2.28. The smallest absolute Gasteiger partial charge is 0.349 e. The Bertz CT molecular complexity index is 644. The molecule has 0 fully saturated rings. The van der Waals surface area contributed by atoms with E-state index in [1.54, 1.807) is 6.07 Å². The van der Waals surface area contributed by atoms with E-state index < -0.39 is 10.4 Å². The zero-order valence-electron chi connectivity index (χ0n) is 12.0. The molecule has 1 aromatic rings. The molecule has 0 heterocycles. The number of carbonyl (C=O) groups is 1. The molecular weight excluding hydrogens is 295 g/mol. The predicted octanol–water partition coefficient (Wildman–Crippen LogP) is 2.46. The standard InChI is InChI=1S/C14H19FN2O3S/c1-9(2)14(18)16-12-7-3-6-11-10(12)5-4-8-13(11)17-21(15,19)20/h4-5,8-9,12,17H,3,6-7H2,1-2H3,(H,16,18). The highest BCUT2D eigenvalue weighted by molar-refractivity contribution is 7.87. The van der Waals surface area contributed by atoms with Crippen LogP contribution < -0.4 is 10.0 Å². The molecule has 2 N–H and O–H groups in total. The lowest BCUT2D eigenvalue weighted by Crippen LogP contribution is -2.34. The van der Waals surface area contributed by atoms with Gasteiger partial charge in [0.15, 0.2) is 0 Å². The molecule has 1 atom stereocenters. The van der Waals surface area contributed by atoms with Crippen molar-refractivity contribution in [2.45, 2.75) is 39.2 Å². The van der Waals surface area contributed by atoms with E-state index in [9.17, 15) is 17.1 Å². The Labute approximate surface area is 124 Å². The van der Waals surface area contributed by atoms with Crippen molar-refractivity contribution in [3.05, 3.63) is 29.3 Å². The Kier molecular flexibility index (Phi) is 4.51. The second-order valence-electron chi connectivity index (χ2n) is 5.52. The topological polar surface area (TPSA) is 75.3 Å². The van der Waals surface area contributed by atoms with E-state index in [1.165, 1.54) is 6.07 Å². The summed E-state index contributed by atoms with van der Waals surface area (Å²) < 4.78 is 36.3. The van der Waals surface area contributed by atoms with Gasteiger partial charge in [0, 0.05) is 5.92 Å². The van der Waals surface area contributed by atoms with Gasteiger partial charge in [0.1, 0.15) is 0 Å². The quantitative estimate of drug-likeness (QED) is 0.838. The van der Waals surface area contributed by atoms with E-state index in [4.69, 9.17) is 0 Å². The van der Waals surface area contributed by atoms with Gasteiger partial charge in [-0.3, -0.25) is 9.52 Å². The molecule has 21 heavy (non-hydrogen) atoms. The lowest BCUT2D eigenvalue weighted by molar-refractivity contribution is -0.124. The number of benzene rings is 1. The van der Waals surface area contributed by atoms with Gasteiger partial charge in [-0.15, -0.1) is 0 Å². The molecule has 1 aliphatic rings. The average Bonchev–Trinajstić information content (AvgIpc) is 2.38. The number of fused-ring (bicyclic) bond motifs is 1. The average molecular weight is 314 g/mol. The van der Waals surface area contributed by atoms with Crippen LogP contribution in [0, 0.1) is 5.92 Å². The predicted molar refractivity (Wildman–Crippen MR) is 78.8 cm³/mol. The highest BCUT2D eigenvalue weighted by Gasteiger charge is 2.25. The summed E-state index contributed by atoms with van der Waals surface area (Å²) in [6.07, 6.45) is 2.25. The summed E-state index contributed by atoms with van der Waals surface area (Å²) in [6.45, 7) is 3.62. The molecule has 5 nitrogen and oxygen atoms in total. The monoisotopic (exact) mass is 314 g/mol. The van der Waals surface area contributed by atoms with Crippen LogP contribution in [0.2, 0.25) is 0 Å². The van der Waals surface area contributed by atoms with Crippen LogP contribution in [0.3, 0.4) is 0 Å². The van der Waals surface area contributed by atoms with Crippen LogP contribution in [0.15, 0.2) is 18.2 Å². The Balaban J connectivity index is 2.31.